The van der Waals surface area contributed by atoms with Gasteiger partial charge in [0.05, 0.1) is 18.8 Å². The zero-order valence-corrected chi connectivity index (χ0v) is 20.2. The molecular formula is C30H29NO5. The highest BCUT2D eigenvalue weighted by atomic mass is 16.5. The van der Waals surface area contributed by atoms with Gasteiger partial charge in [-0.05, 0) is 70.3 Å². The lowest BCUT2D eigenvalue weighted by atomic mass is 10.0. The van der Waals surface area contributed by atoms with Crippen molar-refractivity contribution in [2.45, 2.75) is 19.8 Å². The zero-order chi connectivity index (χ0) is 25.3. The molecule has 184 valence electrons. The number of ether oxygens (including phenoxy) is 2. The number of fused-ring (bicyclic) bond motifs is 1. The highest BCUT2D eigenvalue weighted by Gasteiger charge is 2.06. The first kappa shape index (κ1) is 24.8. The predicted molar refractivity (Wildman–Crippen MR) is 141 cm³/mol. The van der Waals surface area contributed by atoms with Crippen LogP contribution in [0, 0.1) is 0 Å². The van der Waals surface area contributed by atoms with Gasteiger partial charge >= 0.3 is 5.97 Å². The smallest absolute Gasteiger partial charge is 0.335 e. The number of aromatic carboxylic acids is 1. The summed E-state index contributed by atoms with van der Waals surface area (Å²) in [7, 11) is 0. The van der Waals surface area contributed by atoms with E-state index in [9.17, 15) is 9.59 Å². The van der Waals surface area contributed by atoms with Crippen LogP contribution in [0.3, 0.4) is 0 Å². The van der Waals surface area contributed by atoms with Gasteiger partial charge in [-0.2, -0.15) is 0 Å². The second-order valence-corrected chi connectivity index (χ2v) is 8.49. The van der Waals surface area contributed by atoms with E-state index < -0.39 is 5.97 Å². The Hall–Kier alpha value is -4.32. The summed E-state index contributed by atoms with van der Waals surface area (Å²) in [6.45, 7) is 3.20. The third-order valence-electron chi connectivity index (χ3n) is 5.86. The molecule has 0 aromatic heterocycles. The number of carbonyl (C=O) groups excluding carboxylic acids is 1. The van der Waals surface area contributed by atoms with Crippen LogP contribution in [0.25, 0.3) is 21.9 Å². The minimum Gasteiger partial charge on any atom is -0.493 e. The van der Waals surface area contributed by atoms with Gasteiger partial charge in [0, 0.05) is 19.9 Å². The Bertz CT molecular complexity index is 1330. The van der Waals surface area contributed by atoms with Gasteiger partial charge in [0.25, 0.3) is 0 Å². The van der Waals surface area contributed by atoms with Gasteiger partial charge in [-0.1, -0.05) is 48.5 Å². The summed E-state index contributed by atoms with van der Waals surface area (Å²) in [6.07, 6.45) is 1.50. The fourth-order valence-electron chi connectivity index (χ4n) is 3.99. The molecule has 0 saturated heterocycles. The zero-order valence-electron chi connectivity index (χ0n) is 20.2. The molecule has 0 fully saturated rings. The first-order chi connectivity index (χ1) is 17.5. The van der Waals surface area contributed by atoms with Crippen molar-refractivity contribution in [1.82, 2.24) is 5.32 Å². The van der Waals surface area contributed by atoms with Crippen molar-refractivity contribution in [2.24, 2.45) is 0 Å². The molecule has 6 nitrogen and oxygen atoms in total. The third kappa shape index (κ3) is 6.63. The lowest BCUT2D eigenvalue weighted by molar-refractivity contribution is -0.118. The van der Waals surface area contributed by atoms with Gasteiger partial charge < -0.3 is 19.9 Å². The average molecular weight is 484 g/mol. The summed E-state index contributed by atoms with van der Waals surface area (Å²) >= 11 is 0. The molecule has 0 aliphatic heterocycles. The Morgan fingerprint density at radius 1 is 0.806 bits per heavy atom. The van der Waals surface area contributed by atoms with Crippen LogP contribution in [0.15, 0.2) is 84.9 Å². The van der Waals surface area contributed by atoms with E-state index in [4.69, 9.17) is 14.6 Å². The topological polar surface area (TPSA) is 84.9 Å². The second-order valence-electron chi connectivity index (χ2n) is 8.49. The maximum atomic E-state index is 11.2. The average Bonchev–Trinajstić information content (AvgIpc) is 2.89. The molecule has 0 radical (unpaired) electrons. The van der Waals surface area contributed by atoms with Crippen LogP contribution < -0.4 is 14.8 Å². The first-order valence-corrected chi connectivity index (χ1v) is 11.9. The van der Waals surface area contributed by atoms with Gasteiger partial charge in [0.2, 0.25) is 5.91 Å². The summed E-state index contributed by atoms with van der Waals surface area (Å²) in [5.41, 5.74) is 3.40. The van der Waals surface area contributed by atoms with Crippen molar-refractivity contribution in [3.8, 4) is 22.6 Å². The number of hydrogen-bond acceptors (Lipinski definition) is 4. The molecule has 0 atom stereocenters. The second kappa shape index (κ2) is 11.9. The molecule has 36 heavy (non-hydrogen) atoms. The third-order valence-corrected chi connectivity index (χ3v) is 5.86. The van der Waals surface area contributed by atoms with Gasteiger partial charge in [-0.3, -0.25) is 4.79 Å². The minimum atomic E-state index is -0.932. The van der Waals surface area contributed by atoms with Crippen LogP contribution >= 0.6 is 0 Å². The van der Waals surface area contributed by atoms with Crippen molar-refractivity contribution in [3.05, 3.63) is 96.1 Å². The Labute approximate surface area is 210 Å². The van der Waals surface area contributed by atoms with Crippen LogP contribution in [0.5, 0.6) is 11.5 Å². The number of hydrogen-bond donors (Lipinski definition) is 2. The van der Waals surface area contributed by atoms with E-state index >= 15 is 0 Å². The number of carbonyl (C=O) groups is 2. The molecule has 4 aromatic carbocycles. The van der Waals surface area contributed by atoms with Crippen LogP contribution in [-0.2, 0) is 11.2 Å². The Kier molecular flexibility index (Phi) is 8.19. The maximum absolute atomic E-state index is 11.2. The largest absolute Gasteiger partial charge is 0.493 e. The number of carboxylic acids is 1. The predicted octanol–water partition coefficient (Wildman–Crippen LogP) is 5.73. The molecule has 0 unspecified atom stereocenters. The number of amides is 1. The van der Waals surface area contributed by atoms with Crippen molar-refractivity contribution in [2.75, 3.05) is 19.8 Å². The molecular weight excluding hydrogens is 454 g/mol. The quantitative estimate of drug-likeness (QED) is 0.266. The molecule has 0 bridgehead atoms. The Morgan fingerprint density at radius 3 is 2.11 bits per heavy atom. The SMILES string of the molecule is CC(=O)NCCc1cccc2ccc(OCCCOc3ccc(-c4ccc(C(=O)O)cc4)cc3)cc12. The summed E-state index contributed by atoms with van der Waals surface area (Å²) in [5.74, 6) is 0.631. The molecule has 1 amide bonds. The van der Waals surface area contributed by atoms with Crippen molar-refractivity contribution in [1.29, 1.82) is 0 Å². The van der Waals surface area contributed by atoms with E-state index in [0.717, 1.165) is 46.2 Å². The van der Waals surface area contributed by atoms with Crippen molar-refractivity contribution >= 4 is 22.6 Å². The van der Waals surface area contributed by atoms with Gasteiger partial charge in [0.15, 0.2) is 0 Å². The Morgan fingerprint density at radius 2 is 1.44 bits per heavy atom. The molecule has 0 aliphatic rings. The fraction of sp³-hybridized carbons (Fsp3) is 0.200. The molecule has 0 spiro atoms. The summed E-state index contributed by atoms with van der Waals surface area (Å²) in [5, 5.41) is 14.2. The normalized spacial score (nSPS) is 10.7. The van der Waals surface area contributed by atoms with Gasteiger partial charge in [-0.15, -0.1) is 0 Å². The van der Waals surface area contributed by atoms with E-state index in [0.29, 0.717) is 19.8 Å². The van der Waals surface area contributed by atoms with E-state index in [1.54, 1.807) is 24.3 Å². The summed E-state index contributed by atoms with van der Waals surface area (Å²) < 4.78 is 11.8. The molecule has 4 rings (SSSR count). The van der Waals surface area contributed by atoms with Crippen LogP contribution in [0.4, 0.5) is 0 Å². The lowest BCUT2D eigenvalue weighted by Crippen LogP contribution is -2.22. The van der Waals surface area contributed by atoms with Crippen molar-refractivity contribution in [3.63, 3.8) is 0 Å². The Balaban J connectivity index is 1.25. The molecule has 0 heterocycles. The molecule has 2 N–H and O–H groups in total. The van der Waals surface area contributed by atoms with Crippen LogP contribution in [0.1, 0.15) is 29.3 Å². The van der Waals surface area contributed by atoms with E-state index in [1.807, 2.05) is 36.4 Å². The first-order valence-electron chi connectivity index (χ1n) is 11.9. The van der Waals surface area contributed by atoms with E-state index in [1.165, 1.54) is 12.5 Å². The van der Waals surface area contributed by atoms with E-state index in [2.05, 4.69) is 29.6 Å². The monoisotopic (exact) mass is 483 g/mol. The van der Waals surface area contributed by atoms with Gasteiger partial charge in [-0.25, -0.2) is 4.79 Å². The molecule has 0 aliphatic carbocycles. The van der Waals surface area contributed by atoms with Crippen LogP contribution in [0.2, 0.25) is 0 Å². The van der Waals surface area contributed by atoms with Gasteiger partial charge in [0.1, 0.15) is 11.5 Å². The molecule has 6 heteroatoms. The standard InChI is InChI=1S/C30H29NO5/c1-21(32)31-17-16-25-5-2-4-24-12-15-28(20-29(24)25)36-19-3-18-35-27-13-10-23(11-14-27)22-6-8-26(9-7-22)30(33)34/h2,4-15,20H,3,16-19H2,1H3,(H,31,32)(H,33,34). The number of nitrogens with one attached hydrogen (secondary N) is 1. The minimum absolute atomic E-state index is 0.0234. The van der Waals surface area contributed by atoms with Crippen molar-refractivity contribution < 1.29 is 24.2 Å². The number of benzene rings is 4. The maximum Gasteiger partial charge on any atom is 0.335 e. The lowest BCUT2D eigenvalue weighted by Gasteiger charge is -2.11. The summed E-state index contributed by atoms with van der Waals surface area (Å²) in [4.78, 5) is 22.2. The molecule has 0 saturated carbocycles. The number of carboxylic acid groups (broad SMARTS) is 1. The van der Waals surface area contributed by atoms with Crippen LogP contribution in [-0.4, -0.2) is 36.7 Å². The number of rotatable bonds is 11. The van der Waals surface area contributed by atoms with E-state index in [-0.39, 0.29) is 11.5 Å². The molecule has 4 aromatic rings. The summed E-state index contributed by atoms with van der Waals surface area (Å²) in [6, 6.07) is 26.8. The highest BCUT2D eigenvalue weighted by molar-refractivity contribution is 5.88. The fourth-order valence-corrected chi connectivity index (χ4v) is 3.99. The highest BCUT2D eigenvalue weighted by Crippen LogP contribution is 2.25.